The Morgan fingerprint density at radius 1 is 0.604 bits per heavy atom. The molecule has 4 aromatic rings. The number of aliphatic hydroxyl groups excluding tert-OH is 4. The molecule has 0 aliphatic carbocycles. The van der Waals surface area contributed by atoms with Crippen LogP contribution in [0.2, 0.25) is 0 Å². The fourth-order valence-corrected chi connectivity index (χ4v) is 9.83. The summed E-state index contributed by atoms with van der Waals surface area (Å²) in [7, 11) is -25.4. The van der Waals surface area contributed by atoms with Crippen molar-refractivity contribution in [3.8, 4) is 0 Å². The van der Waals surface area contributed by atoms with Crippen LogP contribution in [-0.2, 0) is 49.7 Å². The number of hydrogen-bond acceptors (Lipinski definition) is 27. The molecule has 0 spiro atoms. The zero-order valence-electron chi connectivity index (χ0n) is 25.8. The van der Waals surface area contributed by atoms with Crippen molar-refractivity contribution in [3.05, 3.63) is 25.3 Å². The molecule has 33 heteroatoms. The summed E-state index contributed by atoms with van der Waals surface area (Å²) in [6.07, 6.45) is -9.15. The first-order valence-electron chi connectivity index (χ1n) is 14.2. The van der Waals surface area contributed by atoms with Gasteiger partial charge in [-0.2, -0.15) is 0 Å². The van der Waals surface area contributed by atoms with Gasteiger partial charge in [-0.05, 0) is 0 Å². The van der Waals surface area contributed by atoms with Gasteiger partial charge in [0, 0.05) is 0 Å². The van der Waals surface area contributed by atoms with Gasteiger partial charge < -0.3 is 70.0 Å². The third-order valence-electron chi connectivity index (χ3n) is 7.39. The first-order valence-corrected chi connectivity index (χ1v) is 20.1. The first-order chi connectivity index (χ1) is 24.7. The standard InChI is InChI=1S/C20H28N10O19P4/c21-15-9-17(25-3-23-15)29(5-27-9)19-13(33)11(31)7(45-19)1-43-50(35,36)47-52(39,40)49-53(41,42)48-51(37,38)44-2-8-12(32)14(34)20(46-8)30-6-28-10-16(22)24-4-26-18(10)30/h3-8,11-14,19-20,31-34H,1-2H2,(H,35,36)(H,37,38)(H,39,40)(H,41,42)(H2,21,23,25)(H2,22,24,26)/p-4/t7-,8-,11-,12-,13-,14-,19-,20-/m1/s1. The molecule has 8 N–H and O–H groups in total. The van der Waals surface area contributed by atoms with E-state index >= 15 is 0 Å². The molecule has 2 aliphatic heterocycles. The quantitative estimate of drug-likeness (QED) is 0.0648. The van der Waals surface area contributed by atoms with Gasteiger partial charge in [-0.1, -0.05) is 0 Å². The number of nitrogen functional groups attached to an aromatic ring is 2. The summed E-state index contributed by atoms with van der Waals surface area (Å²) >= 11 is 0. The van der Waals surface area contributed by atoms with Gasteiger partial charge in [0.05, 0.1) is 25.9 Å². The second-order valence-corrected chi connectivity index (χ2v) is 16.9. The molecule has 12 atom stereocenters. The lowest BCUT2D eigenvalue weighted by Gasteiger charge is -2.36. The molecule has 0 saturated carbocycles. The summed E-state index contributed by atoms with van der Waals surface area (Å²) in [6, 6.07) is 0. The summed E-state index contributed by atoms with van der Waals surface area (Å²) < 4.78 is 81.2. The van der Waals surface area contributed by atoms with Crippen molar-refractivity contribution in [2.45, 2.75) is 49.1 Å². The lowest BCUT2D eigenvalue weighted by molar-refractivity contribution is -0.255. The minimum absolute atomic E-state index is 0.0363. The van der Waals surface area contributed by atoms with Gasteiger partial charge in [-0.3, -0.25) is 27.4 Å². The van der Waals surface area contributed by atoms with E-state index in [0.29, 0.717) is 0 Å². The Bertz CT molecular complexity index is 2040. The molecule has 2 fully saturated rings. The number of anilines is 2. The van der Waals surface area contributed by atoms with Crippen LogP contribution in [0.5, 0.6) is 0 Å². The van der Waals surface area contributed by atoms with E-state index in [2.05, 4.69) is 51.9 Å². The second-order valence-electron chi connectivity index (χ2n) is 10.9. The number of fused-ring (bicyclic) bond motifs is 2. The minimum Gasteiger partial charge on any atom is -0.756 e. The van der Waals surface area contributed by atoms with Gasteiger partial charge >= 0.3 is 0 Å². The molecule has 53 heavy (non-hydrogen) atoms. The summed E-state index contributed by atoms with van der Waals surface area (Å²) in [5.41, 5.74) is 11.7. The fraction of sp³-hybridized carbons (Fsp3) is 0.500. The minimum atomic E-state index is -6.60. The van der Waals surface area contributed by atoms with Gasteiger partial charge in [0.1, 0.15) is 60.3 Å². The van der Waals surface area contributed by atoms with Crippen molar-refractivity contribution in [2.24, 2.45) is 0 Å². The van der Waals surface area contributed by atoms with Crippen LogP contribution in [0.25, 0.3) is 22.3 Å². The van der Waals surface area contributed by atoms with E-state index in [9.17, 15) is 58.3 Å². The Morgan fingerprint density at radius 2 is 0.962 bits per heavy atom. The van der Waals surface area contributed by atoms with Crippen LogP contribution in [0.15, 0.2) is 25.3 Å². The predicted molar refractivity (Wildman–Crippen MR) is 157 cm³/mol. The number of imidazole rings is 2. The van der Waals surface area contributed by atoms with E-state index in [-0.39, 0.29) is 34.0 Å². The molecule has 0 bridgehead atoms. The van der Waals surface area contributed by atoms with E-state index in [1.165, 1.54) is 0 Å². The third kappa shape index (κ3) is 8.48. The monoisotopic (exact) mass is 832 g/mol. The highest BCUT2D eigenvalue weighted by Crippen LogP contribution is 2.67. The normalized spacial score (nSPS) is 30.9. The molecule has 2 aliphatic rings. The Hall–Kier alpha value is -2.98. The summed E-state index contributed by atoms with van der Waals surface area (Å²) in [4.78, 5) is 72.0. The summed E-state index contributed by atoms with van der Waals surface area (Å²) in [5.74, 6) is -0.0726. The molecule has 6 rings (SSSR count). The van der Waals surface area contributed by atoms with Crippen LogP contribution in [0.3, 0.4) is 0 Å². The first kappa shape index (κ1) is 39.7. The van der Waals surface area contributed by atoms with E-state index in [0.717, 1.165) is 34.4 Å². The van der Waals surface area contributed by atoms with Crippen molar-refractivity contribution in [2.75, 3.05) is 24.7 Å². The van der Waals surface area contributed by atoms with E-state index in [1.54, 1.807) is 0 Å². The van der Waals surface area contributed by atoms with Crippen molar-refractivity contribution >= 4 is 65.3 Å². The predicted octanol–water partition coefficient (Wildman–Crippen LogP) is -4.97. The number of aliphatic hydroxyl groups is 4. The zero-order chi connectivity index (χ0) is 38.7. The van der Waals surface area contributed by atoms with Gasteiger partial charge in [0.15, 0.2) is 35.4 Å². The highest BCUT2D eigenvalue weighted by molar-refractivity contribution is 7.68. The van der Waals surface area contributed by atoms with Crippen LogP contribution in [-0.4, -0.2) is 109 Å². The van der Waals surface area contributed by atoms with E-state index in [4.69, 9.17) is 20.9 Å². The SMILES string of the molecule is Nc1ncnc2c1ncn2[C@@H]1O[C@H](COP(=O)([O-])OP(=O)([O-])OP(=O)([O-])OP(=O)([O-])OC[C@H]2O[C@@H](n3cnc4c(N)ncnc43)[C@H](O)[C@@H]2O)[C@@H](O)[C@H]1O. The Kier molecular flexibility index (Phi) is 10.9. The smallest absolute Gasteiger partial charge is 0.280 e. The number of nitrogens with two attached hydrogens (primary N) is 2. The van der Waals surface area contributed by atoms with Gasteiger partial charge in [-0.25, -0.2) is 42.8 Å². The molecule has 0 amide bonds. The van der Waals surface area contributed by atoms with Crippen molar-refractivity contribution in [3.63, 3.8) is 0 Å². The summed E-state index contributed by atoms with van der Waals surface area (Å²) in [5, 5.41) is 41.6. The van der Waals surface area contributed by atoms with Crippen molar-refractivity contribution in [1.82, 2.24) is 39.0 Å². The average Bonchev–Trinajstić information content (AvgIpc) is 3.80. The summed E-state index contributed by atoms with van der Waals surface area (Å²) in [6.45, 7) is -2.45. The molecule has 0 aromatic carbocycles. The van der Waals surface area contributed by atoms with Crippen molar-refractivity contribution < 1.29 is 89.7 Å². The number of phosphoric ester groups is 2. The molecule has 29 nitrogen and oxygen atoms in total. The maximum absolute atomic E-state index is 12.2. The number of nitrogens with zero attached hydrogens (tertiary/aromatic N) is 8. The van der Waals surface area contributed by atoms with E-state index < -0.39 is 93.6 Å². The van der Waals surface area contributed by atoms with E-state index in [1.807, 2.05) is 0 Å². The average molecular weight is 832 g/mol. The van der Waals surface area contributed by atoms with Crippen LogP contribution in [0.4, 0.5) is 11.6 Å². The molecule has 292 valence electrons. The van der Waals surface area contributed by atoms with Gasteiger partial charge in [0.2, 0.25) is 0 Å². The number of aromatic nitrogens is 8. The Labute approximate surface area is 293 Å². The van der Waals surface area contributed by atoms with Gasteiger partial charge in [-0.15, -0.1) is 0 Å². The molecular formula is C20H24N10O19P4-4. The fourth-order valence-electron chi connectivity index (χ4n) is 5.08. The number of ether oxygens (including phenoxy) is 2. The lowest BCUT2D eigenvalue weighted by Crippen LogP contribution is -2.34. The molecule has 4 aromatic heterocycles. The topological polar surface area (TPSA) is 445 Å². The number of hydrogen-bond donors (Lipinski definition) is 6. The highest BCUT2D eigenvalue weighted by Gasteiger charge is 2.46. The molecule has 0 radical (unpaired) electrons. The highest BCUT2D eigenvalue weighted by atomic mass is 31.3. The Balaban J connectivity index is 1.01. The largest absolute Gasteiger partial charge is 0.756 e. The number of rotatable bonds is 14. The van der Waals surface area contributed by atoms with Crippen LogP contribution in [0.1, 0.15) is 12.5 Å². The molecule has 4 unspecified atom stereocenters. The maximum atomic E-state index is 12.2. The lowest BCUT2D eigenvalue weighted by atomic mass is 10.1. The molecule has 2 saturated heterocycles. The second kappa shape index (κ2) is 14.6. The maximum Gasteiger partial charge on any atom is 0.280 e. The van der Waals surface area contributed by atoms with Crippen LogP contribution in [0, 0.1) is 0 Å². The molecule has 6 heterocycles. The van der Waals surface area contributed by atoms with Crippen LogP contribution < -0.4 is 31.0 Å². The third-order valence-corrected chi connectivity index (χ3v) is 13.1. The molecular weight excluding hydrogens is 808 g/mol. The zero-order valence-corrected chi connectivity index (χ0v) is 29.4. The van der Waals surface area contributed by atoms with Gasteiger partial charge in [0.25, 0.3) is 31.3 Å². The Morgan fingerprint density at radius 3 is 1.34 bits per heavy atom. The van der Waals surface area contributed by atoms with Crippen molar-refractivity contribution in [1.29, 1.82) is 0 Å². The number of phosphoric acid groups is 4. The van der Waals surface area contributed by atoms with Crippen LogP contribution >= 0.6 is 31.3 Å².